The molecule has 1 aromatic heterocycles. The highest BCUT2D eigenvalue weighted by atomic mass is 16.3. The summed E-state index contributed by atoms with van der Waals surface area (Å²) in [5.74, 6) is 0.725. The van der Waals surface area contributed by atoms with E-state index >= 15 is 0 Å². The van der Waals surface area contributed by atoms with Gasteiger partial charge in [0.1, 0.15) is 5.82 Å². The monoisotopic (exact) mass is 435 g/mol. The van der Waals surface area contributed by atoms with Crippen LogP contribution in [0.3, 0.4) is 0 Å². The van der Waals surface area contributed by atoms with Crippen LogP contribution in [-0.2, 0) is 5.41 Å². The van der Waals surface area contributed by atoms with Gasteiger partial charge in [-0.1, -0.05) is 24.3 Å². The Labute approximate surface area is 191 Å². The molecule has 0 unspecified atom stereocenters. The smallest absolute Gasteiger partial charge is 0.255 e. The first-order chi connectivity index (χ1) is 15.7. The number of fused-ring (bicyclic) bond motifs is 1. The molecule has 6 heteroatoms. The number of nitrogen functional groups attached to an aromatic ring is 1. The molecule has 170 valence electrons. The number of aliphatic hydroxyl groups is 1. The summed E-state index contributed by atoms with van der Waals surface area (Å²) in [5, 5.41) is 12.8. The van der Waals surface area contributed by atoms with Gasteiger partial charge in [-0.05, 0) is 69.1 Å². The molecule has 1 aliphatic heterocycles. The third-order valence-corrected chi connectivity index (χ3v) is 7.76. The van der Waals surface area contributed by atoms with E-state index in [9.17, 15) is 9.90 Å². The second-order valence-electron chi connectivity index (χ2n) is 10.1. The Kier molecular flexibility index (Phi) is 5.15. The number of piperidine rings is 1. The van der Waals surface area contributed by atoms with Crippen molar-refractivity contribution in [3.63, 3.8) is 0 Å². The average molecular weight is 436 g/mol. The number of carbonyl (C=O) groups excluding carboxylic acids is 1. The number of hydrogen-bond acceptors (Lipinski definition) is 5. The minimum atomic E-state index is -1.38. The van der Waals surface area contributed by atoms with Crippen molar-refractivity contribution in [3.8, 4) is 11.1 Å². The SMILES string of the molecule is [2H]C1(O)CCC(NC(=O)c2cc(-c3ccc([C@]45C[C@H]4CN(C(C)C)C5)cc3)cnc2N)CC1. The molecule has 4 N–H and O–H groups in total. The van der Waals surface area contributed by atoms with Crippen molar-refractivity contribution in [2.75, 3.05) is 18.8 Å². The van der Waals surface area contributed by atoms with Gasteiger partial charge in [-0.2, -0.15) is 0 Å². The standard InChI is InChI=1S/C26H34N4O2/c1-16(2)30-14-20-12-26(20,15-30)19-5-3-17(4-6-19)18-11-23(24(27)28-13-18)25(32)29-21-7-9-22(31)10-8-21/h3-6,11,13,16,20-22,31H,7-10,12,14-15H2,1-2H3,(H2,27,28)(H,29,32)/t20-,21?,22?,26+/m0/s1/i22D. The third-order valence-electron chi connectivity index (χ3n) is 7.76. The Morgan fingerprint density at radius 2 is 1.97 bits per heavy atom. The van der Waals surface area contributed by atoms with Crippen LogP contribution in [0.1, 0.15) is 63.2 Å². The highest BCUT2D eigenvalue weighted by Crippen LogP contribution is 2.59. The van der Waals surface area contributed by atoms with E-state index in [0.717, 1.165) is 23.6 Å². The molecule has 32 heavy (non-hydrogen) atoms. The van der Waals surface area contributed by atoms with Crippen molar-refractivity contribution >= 4 is 11.7 Å². The Balaban J connectivity index is 1.30. The average Bonchev–Trinajstić information content (AvgIpc) is 3.36. The largest absolute Gasteiger partial charge is 0.393 e. The quantitative estimate of drug-likeness (QED) is 0.670. The van der Waals surface area contributed by atoms with E-state index in [1.165, 1.54) is 18.5 Å². The minimum Gasteiger partial charge on any atom is -0.393 e. The zero-order valence-electron chi connectivity index (χ0n) is 20.0. The molecule has 2 atom stereocenters. The molecule has 2 aliphatic carbocycles. The fourth-order valence-electron chi connectivity index (χ4n) is 5.53. The van der Waals surface area contributed by atoms with Gasteiger partial charge in [0.05, 0.1) is 13.0 Å². The van der Waals surface area contributed by atoms with Crippen LogP contribution < -0.4 is 11.1 Å². The van der Waals surface area contributed by atoms with Crippen LogP contribution >= 0.6 is 0 Å². The number of pyridine rings is 1. The van der Waals surface area contributed by atoms with E-state index in [1.807, 2.05) is 6.07 Å². The molecule has 1 aromatic carbocycles. The molecule has 3 fully saturated rings. The van der Waals surface area contributed by atoms with Crippen LogP contribution in [0.25, 0.3) is 11.1 Å². The van der Waals surface area contributed by atoms with Crippen LogP contribution in [0.4, 0.5) is 5.82 Å². The summed E-state index contributed by atoms with van der Waals surface area (Å²) in [6.07, 6.45) is 3.50. The second-order valence-corrected chi connectivity index (χ2v) is 10.1. The van der Waals surface area contributed by atoms with Crippen LogP contribution in [-0.4, -0.2) is 52.2 Å². The van der Waals surface area contributed by atoms with E-state index in [4.69, 9.17) is 7.10 Å². The van der Waals surface area contributed by atoms with Gasteiger partial charge in [0.15, 0.2) is 0 Å². The van der Waals surface area contributed by atoms with Gasteiger partial charge in [0, 0.05) is 42.3 Å². The summed E-state index contributed by atoms with van der Waals surface area (Å²) >= 11 is 0. The maximum Gasteiger partial charge on any atom is 0.255 e. The van der Waals surface area contributed by atoms with Gasteiger partial charge in [0.25, 0.3) is 5.91 Å². The molecule has 1 saturated heterocycles. The molecule has 0 bridgehead atoms. The van der Waals surface area contributed by atoms with Gasteiger partial charge in [0.2, 0.25) is 0 Å². The van der Waals surface area contributed by atoms with Crippen molar-refractivity contribution in [2.45, 2.75) is 69.5 Å². The number of nitrogens with zero attached hydrogens (tertiary/aromatic N) is 2. The number of nitrogens with one attached hydrogen (secondary N) is 1. The normalized spacial score (nSPS) is 32.4. The highest BCUT2D eigenvalue weighted by molar-refractivity contribution is 5.99. The maximum atomic E-state index is 12.9. The molecule has 5 rings (SSSR count). The molecule has 2 aromatic rings. The Hall–Kier alpha value is -2.44. The number of aromatic nitrogens is 1. The Bertz CT molecular complexity index is 1040. The molecular weight excluding hydrogens is 400 g/mol. The van der Waals surface area contributed by atoms with Crippen molar-refractivity contribution < 1.29 is 11.3 Å². The maximum absolute atomic E-state index is 12.9. The molecule has 6 nitrogen and oxygen atoms in total. The number of nitrogens with two attached hydrogens (primary N) is 1. The summed E-state index contributed by atoms with van der Waals surface area (Å²) in [4.78, 5) is 19.8. The molecule has 1 amide bonds. The molecule has 0 radical (unpaired) electrons. The topological polar surface area (TPSA) is 91.5 Å². The molecular formula is C26H34N4O2. The lowest BCUT2D eigenvalue weighted by Gasteiger charge is -2.26. The zero-order valence-corrected chi connectivity index (χ0v) is 19.0. The minimum absolute atomic E-state index is 0.0620. The van der Waals surface area contributed by atoms with E-state index < -0.39 is 6.08 Å². The number of rotatable bonds is 5. The van der Waals surface area contributed by atoms with Crippen LogP contribution in [0.15, 0.2) is 36.5 Å². The number of anilines is 1. The molecule has 3 aliphatic rings. The Morgan fingerprint density at radius 3 is 2.62 bits per heavy atom. The van der Waals surface area contributed by atoms with Gasteiger partial charge < -0.3 is 16.2 Å². The summed E-state index contributed by atoms with van der Waals surface area (Å²) in [6.45, 7) is 6.88. The highest BCUT2D eigenvalue weighted by Gasteiger charge is 2.60. The Morgan fingerprint density at radius 1 is 1.25 bits per heavy atom. The molecule has 2 saturated carbocycles. The number of likely N-dealkylation sites (tertiary alicyclic amines) is 1. The zero-order chi connectivity index (χ0) is 23.4. The van der Waals surface area contributed by atoms with Crippen LogP contribution in [0, 0.1) is 5.92 Å². The predicted octanol–water partition coefficient (Wildman–Crippen LogP) is 3.35. The van der Waals surface area contributed by atoms with E-state index in [1.54, 1.807) is 6.20 Å². The second kappa shape index (κ2) is 8.16. The number of carbonyl (C=O) groups is 1. The number of hydrogen-bond donors (Lipinski definition) is 3. The lowest BCUT2D eigenvalue weighted by atomic mass is 9.92. The summed E-state index contributed by atoms with van der Waals surface area (Å²) in [5.41, 5.74) is 10.0. The first kappa shape index (κ1) is 20.2. The first-order valence-corrected chi connectivity index (χ1v) is 11.8. The third kappa shape index (κ3) is 3.90. The fourth-order valence-corrected chi connectivity index (χ4v) is 5.53. The molecule has 0 spiro atoms. The molecule has 2 heterocycles. The van der Waals surface area contributed by atoms with Crippen molar-refractivity contribution in [2.24, 2.45) is 5.92 Å². The van der Waals surface area contributed by atoms with E-state index in [0.29, 0.717) is 42.7 Å². The predicted molar refractivity (Wildman–Crippen MR) is 126 cm³/mol. The van der Waals surface area contributed by atoms with Gasteiger partial charge in [-0.25, -0.2) is 4.98 Å². The lowest BCUT2D eigenvalue weighted by molar-refractivity contribution is 0.0868. The summed E-state index contributed by atoms with van der Waals surface area (Å²) in [6, 6.07) is 11.1. The number of amides is 1. The summed E-state index contributed by atoms with van der Waals surface area (Å²) < 4.78 is 7.74. The van der Waals surface area contributed by atoms with Crippen molar-refractivity contribution in [1.82, 2.24) is 15.2 Å². The van der Waals surface area contributed by atoms with Gasteiger partial charge >= 0.3 is 0 Å². The lowest BCUT2D eigenvalue weighted by Crippen LogP contribution is -2.38. The van der Waals surface area contributed by atoms with Crippen molar-refractivity contribution in [1.29, 1.82) is 0 Å². The van der Waals surface area contributed by atoms with Gasteiger partial charge in [-0.3, -0.25) is 9.69 Å². The van der Waals surface area contributed by atoms with Crippen LogP contribution in [0.5, 0.6) is 0 Å². The van der Waals surface area contributed by atoms with Crippen molar-refractivity contribution in [3.05, 3.63) is 47.7 Å². The van der Waals surface area contributed by atoms with E-state index in [2.05, 4.69) is 53.3 Å². The first-order valence-electron chi connectivity index (χ1n) is 12.3. The fraction of sp³-hybridized carbons (Fsp3) is 0.538. The van der Waals surface area contributed by atoms with Crippen LogP contribution in [0.2, 0.25) is 0 Å². The van der Waals surface area contributed by atoms with E-state index in [-0.39, 0.29) is 17.8 Å². The summed E-state index contributed by atoms with van der Waals surface area (Å²) in [7, 11) is 0. The number of benzene rings is 1. The van der Waals surface area contributed by atoms with Gasteiger partial charge in [-0.15, -0.1) is 0 Å².